The Kier molecular flexibility index (Phi) is 6.36. The summed E-state index contributed by atoms with van der Waals surface area (Å²) in [5.74, 6) is -1.15. The normalized spacial score (nSPS) is 17.4. The van der Waals surface area contributed by atoms with Gasteiger partial charge >= 0.3 is 11.9 Å². The zero-order chi connectivity index (χ0) is 21.0. The van der Waals surface area contributed by atoms with E-state index in [2.05, 4.69) is 6.92 Å². The molecule has 1 aromatic rings. The van der Waals surface area contributed by atoms with Crippen molar-refractivity contribution in [2.24, 2.45) is 5.92 Å². The highest BCUT2D eigenvalue weighted by Gasteiger charge is 2.28. The summed E-state index contributed by atoms with van der Waals surface area (Å²) < 4.78 is 24.6. The van der Waals surface area contributed by atoms with Crippen LogP contribution >= 0.6 is 0 Å². The van der Waals surface area contributed by atoms with Crippen molar-refractivity contribution in [1.82, 2.24) is 0 Å². The predicted octanol–water partition coefficient (Wildman–Crippen LogP) is 3.55. The molecule has 1 saturated heterocycles. The second-order valence-corrected chi connectivity index (χ2v) is 7.12. The number of carbonyl (C=O) groups excluding carboxylic acids is 2. The van der Waals surface area contributed by atoms with E-state index in [9.17, 15) is 14.0 Å². The summed E-state index contributed by atoms with van der Waals surface area (Å²) in [6, 6.07) is 4.80. The van der Waals surface area contributed by atoms with Gasteiger partial charge in [0.05, 0.1) is 25.5 Å². The van der Waals surface area contributed by atoms with Gasteiger partial charge in [0.1, 0.15) is 11.5 Å². The summed E-state index contributed by atoms with van der Waals surface area (Å²) in [7, 11) is 2.45. The fourth-order valence-corrected chi connectivity index (χ4v) is 3.52. The zero-order valence-corrected chi connectivity index (χ0v) is 16.9. The van der Waals surface area contributed by atoms with E-state index >= 15 is 0 Å². The molecule has 6 nitrogen and oxygen atoms in total. The molecule has 0 spiro atoms. The molecule has 0 unspecified atom stereocenters. The smallest absolute Gasteiger partial charge is 0.355 e. The number of allylic oxidation sites excluding steroid dienone is 2. The highest BCUT2D eigenvalue weighted by molar-refractivity contribution is 6.05. The Balaban J connectivity index is 2.00. The number of benzene rings is 1. The molecule has 0 amide bonds. The fraction of sp³-hybridized carbons (Fsp3) is 0.364. The molecule has 0 bridgehead atoms. The molecule has 2 aliphatic rings. The first-order chi connectivity index (χ1) is 14.0. The van der Waals surface area contributed by atoms with Crippen LogP contribution in [0, 0.1) is 11.7 Å². The van der Waals surface area contributed by atoms with Crippen LogP contribution in [0.15, 0.2) is 53.9 Å². The van der Waals surface area contributed by atoms with Crippen LogP contribution in [0.1, 0.15) is 19.8 Å². The first kappa shape index (κ1) is 20.6. The molecule has 0 N–H and O–H groups in total. The molecule has 0 saturated carbocycles. The molecule has 0 aliphatic carbocycles. The number of hydrogen-bond acceptors (Lipinski definition) is 6. The highest BCUT2D eigenvalue weighted by Crippen LogP contribution is 2.32. The van der Waals surface area contributed by atoms with E-state index in [1.807, 2.05) is 4.90 Å². The van der Waals surface area contributed by atoms with Gasteiger partial charge in [-0.15, -0.1) is 0 Å². The van der Waals surface area contributed by atoms with Crippen LogP contribution in [0.4, 0.5) is 15.8 Å². The van der Waals surface area contributed by atoms with Crippen LogP contribution < -0.4 is 9.80 Å². The molecule has 0 aromatic heterocycles. The van der Waals surface area contributed by atoms with Gasteiger partial charge in [-0.3, -0.25) is 0 Å². The summed E-state index contributed by atoms with van der Waals surface area (Å²) in [6.45, 7) is 3.83. The van der Waals surface area contributed by atoms with Crippen LogP contribution in [0.2, 0.25) is 0 Å². The highest BCUT2D eigenvalue weighted by atomic mass is 19.1. The molecular formula is C22H25FN2O4. The quantitative estimate of drug-likeness (QED) is 0.721. The first-order valence-electron chi connectivity index (χ1n) is 9.55. The van der Waals surface area contributed by atoms with E-state index in [0.29, 0.717) is 17.3 Å². The predicted molar refractivity (Wildman–Crippen MR) is 109 cm³/mol. The molecule has 2 heterocycles. The molecule has 1 fully saturated rings. The lowest BCUT2D eigenvalue weighted by molar-refractivity contribution is -0.139. The maximum Gasteiger partial charge on any atom is 0.355 e. The van der Waals surface area contributed by atoms with E-state index in [0.717, 1.165) is 25.9 Å². The molecule has 154 valence electrons. The third kappa shape index (κ3) is 4.34. The van der Waals surface area contributed by atoms with E-state index in [4.69, 9.17) is 9.47 Å². The molecule has 0 atom stereocenters. The molecule has 2 aliphatic heterocycles. The van der Waals surface area contributed by atoms with Crippen LogP contribution in [-0.4, -0.2) is 39.2 Å². The number of hydrogen-bond donors (Lipinski definition) is 0. The topological polar surface area (TPSA) is 59.1 Å². The van der Waals surface area contributed by atoms with Crippen molar-refractivity contribution in [3.63, 3.8) is 0 Å². The maximum absolute atomic E-state index is 15.0. The van der Waals surface area contributed by atoms with Gasteiger partial charge in [-0.05, 0) is 43.0 Å². The van der Waals surface area contributed by atoms with Crippen molar-refractivity contribution in [2.45, 2.75) is 19.8 Å². The van der Waals surface area contributed by atoms with Gasteiger partial charge in [0, 0.05) is 31.0 Å². The maximum atomic E-state index is 15.0. The van der Waals surface area contributed by atoms with Crippen LogP contribution in [-0.2, 0) is 19.1 Å². The standard InChI is InChI=1S/C22H25FN2O4/c1-15-9-12-24(13-10-15)19-8-7-16(14-18(19)23)25-11-5-4-6-17(21(26)28-2)20(25)22(27)29-3/h4-8,11,14-15H,9-10,12-13H2,1-3H3. The summed E-state index contributed by atoms with van der Waals surface area (Å²) in [4.78, 5) is 28.1. The van der Waals surface area contributed by atoms with Gasteiger partial charge in [0.2, 0.25) is 0 Å². The Morgan fingerprint density at radius 1 is 1.07 bits per heavy atom. The first-order valence-corrected chi connectivity index (χ1v) is 9.55. The summed E-state index contributed by atoms with van der Waals surface area (Å²) in [5.41, 5.74) is 0.926. The van der Waals surface area contributed by atoms with Crippen molar-refractivity contribution in [2.75, 3.05) is 37.1 Å². The average Bonchev–Trinajstić information content (AvgIpc) is 2.96. The second kappa shape index (κ2) is 8.94. The minimum Gasteiger partial charge on any atom is -0.465 e. The van der Waals surface area contributed by atoms with E-state index in [-0.39, 0.29) is 17.1 Å². The van der Waals surface area contributed by atoms with Gasteiger partial charge in [-0.25, -0.2) is 14.0 Å². The lowest BCUT2D eigenvalue weighted by Gasteiger charge is -2.32. The lowest BCUT2D eigenvalue weighted by Crippen LogP contribution is -2.33. The van der Waals surface area contributed by atoms with Gasteiger partial charge in [0.15, 0.2) is 0 Å². The molecule has 29 heavy (non-hydrogen) atoms. The van der Waals surface area contributed by atoms with Gasteiger partial charge < -0.3 is 19.3 Å². The Labute approximate surface area is 169 Å². The number of methoxy groups -OCH3 is 2. The average molecular weight is 400 g/mol. The monoisotopic (exact) mass is 400 g/mol. The lowest BCUT2D eigenvalue weighted by atomic mass is 9.98. The minimum atomic E-state index is -0.726. The number of anilines is 2. The van der Waals surface area contributed by atoms with Crippen LogP contribution in [0.5, 0.6) is 0 Å². The van der Waals surface area contributed by atoms with Crippen molar-refractivity contribution in [3.8, 4) is 0 Å². The number of ether oxygens (including phenoxy) is 2. The number of halogens is 1. The second-order valence-electron chi connectivity index (χ2n) is 7.12. The molecule has 1 aromatic carbocycles. The van der Waals surface area contributed by atoms with Crippen LogP contribution in [0.3, 0.4) is 0 Å². The van der Waals surface area contributed by atoms with Crippen LogP contribution in [0.25, 0.3) is 0 Å². The van der Waals surface area contributed by atoms with Gasteiger partial charge in [0.25, 0.3) is 0 Å². The Morgan fingerprint density at radius 2 is 1.76 bits per heavy atom. The molecule has 7 heteroatoms. The number of esters is 2. The van der Waals surface area contributed by atoms with Crippen molar-refractivity contribution < 1.29 is 23.5 Å². The van der Waals surface area contributed by atoms with E-state index in [1.54, 1.807) is 30.5 Å². The van der Waals surface area contributed by atoms with Crippen molar-refractivity contribution in [3.05, 3.63) is 59.7 Å². The van der Waals surface area contributed by atoms with E-state index in [1.165, 1.54) is 31.3 Å². The summed E-state index contributed by atoms with van der Waals surface area (Å²) in [5, 5.41) is 0. The third-order valence-corrected chi connectivity index (χ3v) is 5.22. The summed E-state index contributed by atoms with van der Waals surface area (Å²) in [6.07, 6.45) is 8.36. The molecule has 0 radical (unpaired) electrons. The number of piperidine rings is 1. The SMILES string of the molecule is COC(=O)C1=C(C(=O)OC)N(c2ccc(N3CCC(C)CC3)c(F)c2)C=CC=C1. The fourth-order valence-electron chi connectivity index (χ4n) is 3.52. The Hall–Kier alpha value is -3.09. The Bertz CT molecular complexity index is 883. The number of carbonyl (C=O) groups is 2. The number of nitrogens with zero attached hydrogens (tertiary/aromatic N) is 2. The molecule has 3 rings (SSSR count). The zero-order valence-electron chi connectivity index (χ0n) is 16.9. The summed E-state index contributed by atoms with van der Waals surface area (Å²) >= 11 is 0. The Morgan fingerprint density at radius 3 is 2.38 bits per heavy atom. The van der Waals surface area contributed by atoms with E-state index < -0.39 is 11.9 Å². The number of rotatable bonds is 4. The minimum absolute atomic E-state index is 0.0267. The largest absolute Gasteiger partial charge is 0.465 e. The van der Waals surface area contributed by atoms with Crippen molar-refractivity contribution in [1.29, 1.82) is 0 Å². The van der Waals surface area contributed by atoms with Gasteiger partial charge in [-0.1, -0.05) is 13.0 Å². The third-order valence-electron chi connectivity index (χ3n) is 5.22. The van der Waals surface area contributed by atoms with Crippen molar-refractivity contribution >= 4 is 23.3 Å². The molecular weight excluding hydrogens is 375 g/mol. The van der Waals surface area contributed by atoms with Gasteiger partial charge in [-0.2, -0.15) is 0 Å².